The van der Waals surface area contributed by atoms with E-state index in [2.05, 4.69) is 15.9 Å². The molecule has 0 atom stereocenters. The number of carbonyl (C=O) groups is 1. The monoisotopic (exact) mass is 364 g/mol. The molecule has 2 rings (SSSR count). The molecule has 0 spiro atoms. The lowest BCUT2D eigenvalue weighted by Gasteiger charge is -2.13. The molecular formula is C17H17BrO4. The van der Waals surface area contributed by atoms with E-state index >= 15 is 0 Å². The Balaban J connectivity index is 2.17. The molecule has 22 heavy (non-hydrogen) atoms. The molecule has 0 bridgehead atoms. The smallest absolute Gasteiger partial charge is 0.310 e. The Kier molecular flexibility index (Phi) is 5.44. The van der Waals surface area contributed by atoms with E-state index in [1.54, 1.807) is 37.3 Å². The maximum atomic E-state index is 11.5. The lowest BCUT2D eigenvalue weighted by Crippen LogP contribution is -2.09. The summed E-state index contributed by atoms with van der Waals surface area (Å²) < 4.78 is 11.8. The zero-order valence-electron chi connectivity index (χ0n) is 12.4. The number of phenols is 1. The molecule has 0 heterocycles. The second-order valence-corrected chi connectivity index (χ2v) is 5.64. The van der Waals surface area contributed by atoms with Crippen LogP contribution in [0.3, 0.4) is 0 Å². The lowest BCUT2D eigenvalue weighted by atomic mass is 10.2. The number of ether oxygens (including phenoxy) is 2. The summed E-state index contributed by atoms with van der Waals surface area (Å²) in [5.74, 6) is 0.902. The van der Waals surface area contributed by atoms with Gasteiger partial charge in [0.25, 0.3) is 0 Å². The number of hydrogen-bond donors (Lipinski definition) is 1. The van der Waals surface area contributed by atoms with Crippen LogP contribution in [0.15, 0.2) is 40.9 Å². The molecule has 0 unspecified atom stereocenters. The molecular weight excluding hydrogens is 348 g/mol. The quantitative estimate of drug-likeness (QED) is 0.632. The SMILES string of the molecule is CCC(=O)Oc1cccc(Br)c1COc1ccc(C)c(O)c1. The van der Waals surface area contributed by atoms with Gasteiger partial charge in [-0.3, -0.25) is 4.79 Å². The molecule has 0 radical (unpaired) electrons. The zero-order valence-corrected chi connectivity index (χ0v) is 14.0. The lowest BCUT2D eigenvalue weighted by molar-refractivity contribution is -0.134. The molecule has 0 amide bonds. The standard InChI is InChI=1S/C17H17BrO4/c1-3-17(20)22-16-6-4-5-14(18)13(16)10-21-12-8-7-11(2)15(19)9-12/h4-9,19H,3,10H2,1-2H3. The Labute approximate surface area is 137 Å². The number of hydrogen-bond acceptors (Lipinski definition) is 4. The Morgan fingerprint density at radius 2 is 2.05 bits per heavy atom. The van der Waals surface area contributed by atoms with Gasteiger partial charge < -0.3 is 14.6 Å². The molecule has 0 aliphatic carbocycles. The van der Waals surface area contributed by atoms with Gasteiger partial charge in [-0.1, -0.05) is 35.0 Å². The van der Waals surface area contributed by atoms with E-state index in [4.69, 9.17) is 9.47 Å². The van der Waals surface area contributed by atoms with Gasteiger partial charge in [0.15, 0.2) is 0 Å². The van der Waals surface area contributed by atoms with Crippen molar-refractivity contribution >= 4 is 21.9 Å². The highest BCUT2D eigenvalue weighted by atomic mass is 79.9. The summed E-state index contributed by atoms with van der Waals surface area (Å²) >= 11 is 3.44. The first kappa shape index (κ1) is 16.4. The molecule has 5 heteroatoms. The summed E-state index contributed by atoms with van der Waals surface area (Å²) in [5, 5.41) is 9.70. The van der Waals surface area contributed by atoms with Crippen LogP contribution in [0, 0.1) is 6.92 Å². The molecule has 0 saturated carbocycles. The number of carbonyl (C=O) groups excluding carboxylic acids is 1. The number of benzene rings is 2. The number of halogens is 1. The van der Waals surface area contributed by atoms with Gasteiger partial charge in [0.05, 0.1) is 0 Å². The van der Waals surface area contributed by atoms with Gasteiger partial charge in [-0.2, -0.15) is 0 Å². The largest absolute Gasteiger partial charge is 0.508 e. The first-order chi connectivity index (χ1) is 10.5. The van der Waals surface area contributed by atoms with Crippen LogP contribution in [-0.2, 0) is 11.4 Å². The number of esters is 1. The summed E-state index contributed by atoms with van der Waals surface area (Å²) in [6.45, 7) is 3.77. The molecule has 2 aromatic carbocycles. The van der Waals surface area contributed by atoms with Crippen LogP contribution in [0.5, 0.6) is 17.2 Å². The van der Waals surface area contributed by atoms with E-state index in [9.17, 15) is 9.90 Å². The number of aryl methyl sites for hydroxylation is 1. The van der Waals surface area contributed by atoms with Crippen LogP contribution in [0.2, 0.25) is 0 Å². The molecule has 4 nitrogen and oxygen atoms in total. The van der Waals surface area contributed by atoms with Crippen LogP contribution >= 0.6 is 15.9 Å². The van der Waals surface area contributed by atoms with Crippen molar-refractivity contribution < 1.29 is 19.4 Å². The first-order valence-electron chi connectivity index (χ1n) is 6.91. The highest BCUT2D eigenvalue weighted by Crippen LogP contribution is 2.30. The third-order valence-electron chi connectivity index (χ3n) is 3.15. The van der Waals surface area contributed by atoms with Gasteiger partial charge >= 0.3 is 5.97 Å². The highest BCUT2D eigenvalue weighted by molar-refractivity contribution is 9.10. The van der Waals surface area contributed by atoms with Crippen LogP contribution in [0.25, 0.3) is 0 Å². The zero-order chi connectivity index (χ0) is 16.1. The number of aromatic hydroxyl groups is 1. The van der Waals surface area contributed by atoms with Crippen molar-refractivity contribution in [1.29, 1.82) is 0 Å². The minimum atomic E-state index is -0.299. The molecule has 1 N–H and O–H groups in total. The molecule has 0 aliphatic heterocycles. The normalized spacial score (nSPS) is 10.3. The molecule has 0 fully saturated rings. The van der Waals surface area contributed by atoms with E-state index in [0.29, 0.717) is 17.9 Å². The molecule has 2 aromatic rings. The molecule has 0 aliphatic rings. The number of rotatable bonds is 5. The number of phenolic OH excluding ortho intramolecular Hbond substituents is 1. The maximum Gasteiger partial charge on any atom is 0.310 e. The minimum Gasteiger partial charge on any atom is -0.508 e. The van der Waals surface area contributed by atoms with E-state index in [1.165, 1.54) is 0 Å². The fourth-order valence-electron chi connectivity index (χ4n) is 1.80. The van der Waals surface area contributed by atoms with Crippen molar-refractivity contribution in [2.75, 3.05) is 0 Å². The first-order valence-corrected chi connectivity index (χ1v) is 7.71. The van der Waals surface area contributed by atoms with Crippen LogP contribution < -0.4 is 9.47 Å². The van der Waals surface area contributed by atoms with Crippen molar-refractivity contribution in [1.82, 2.24) is 0 Å². The summed E-state index contributed by atoms with van der Waals surface area (Å²) in [6, 6.07) is 10.5. The van der Waals surface area contributed by atoms with Gasteiger partial charge in [-0.15, -0.1) is 0 Å². The summed E-state index contributed by atoms with van der Waals surface area (Å²) in [4.78, 5) is 11.5. The van der Waals surface area contributed by atoms with E-state index in [-0.39, 0.29) is 18.3 Å². The summed E-state index contributed by atoms with van der Waals surface area (Å²) in [7, 11) is 0. The predicted octanol–water partition coefficient (Wildman–Crippen LogP) is 4.36. The van der Waals surface area contributed by atoms with Gasteiger partial charge in [-0.25, -0.2) is 0 Å². The average Bonchev–Trinajstić information content (AvgIpc) is 2.50. The summed E-state index contributed by atoms with van der Waals surface area (Å²) in [6.07, 6.45) is 0.304. The molecule has 0 saturated heterocycles. The van der Waals surface area contributed by atoms with Gasteiger partial charge in [0.1, 0.15) is 23.9 Å². The van der Waals surface area contributed by atoms with Gasteiger partial charge in [-0.05, 0) is 30.7 Å². The van der Waals surface area contributed by atoms with Gasteiger partial charge in [0.2, 0.25) is 0 Å². The second-order valence-electron chi connectivity index (χ2n) is 4.78. The Hall–Kier alpha value is -2.01. The molecule has 0 aromatic heterocycles. The van der Waals surface area contributed by atoms with Crippen molar-refractivity contribution in [2.45, 2.75) is 26.9 Å². The Morgan fingerprint density at radius 3 is 2.73 bits per heavy atom. The van der Waals surface area contributed by atoms with Crippen LogP contribution in [-0.4, -0.2) is 11.1 Å². The maximum absolute atomic E-state index is 11.5. The third kappa shape index (κ3) is 4.01. The van der Waals surface area contributed by atoms with Crippen LogP contribution in [0.1, 0.15) is 24.5 Å². The predicted molar refractivity (Wildman–Crippen MR) is 87.2 cm³/mol. The fraction of sp³-hybridized carbons (Fsp3) is 0.235. The second kappa shape index (κ2) is 7.31. The summed E-state index contributed by atoms with van der Waals surface area (Å²) in [5.41, 5.74) is 1.52. The van der Waals surface area contributed by atoms with Crippen molar-refractivity contribution in [3.05, 3.63) is 52.0 Å². The van der Waals surface area contributed by atoms with Crippen molar-refractivity contribution in [3.63, 3.8) is 0 Å². The van der Waals surface area contributed by atoms with Crippen molar-refractivity contribution in [2.24, 2.45) is 0 Å². The Morgan fingerprint density at radius 1 is 1.27 bits per heavy atom. The van der Waals surface area contributed by atoms with Crippen molar-refractivity contribution in [3.8, 4) is 17.2 Å². The topological polar surface area (TPSA) is 55.8 Å². The minimum absolute atomic E-state index is 0.183. The third-order valence-corrected chi connectivity index (χ3v) is 3.90. The van der Waals surface area contributed by atoms with Crippen LogP contribution in [0.4, 0.5) is 0 Å². The van der Waals surface area contributed by atoms with E-state index < -0.39 is 0 Å². The highest BCUT2D eigenvalue weighted by Gasteiger charge is 2.12. The fourth-order valence-corrected chi connectivity index (χ4v) is 2.27. The average molecular weight is 365 g/mol. The molecule has 116 valence electrons. The van der Waals surface area contributed by atoms with Gasteiger partial charge in [0, 0.05) is 22.5 Å². The Bertz CT molecular complexity index is 682. The van der Waals surface area contributed by atoms with E-state index in [0.717, 1.165) is 15.6 Å². The van der Waals surface area contributed by atoms with E-state index in [1.807, 2.05) is 13.0 Å².